The summed E-state index contributed by atoms with van der Waals surface area (Å²) in [7, 11) is 0. The number of pyridine rings is 1. The first-order valence-electron chi connectivity index (χ1n) is 4.57. The van der Waals surface area contributed by atoms with Gasteiger partial charge in [-0.15, -0.1) is 0 Å². The second-order valence-corrected chi connectivity index (χ2v) is 4.19. The van der Waals surface area contributed by atoms with Crippen molar-refractivity contribution in [2.75, 3.05) is 5.32 Å². The Morgan fingerprint density at radius 1 is 1.16 bits per heavy atom. The molecule has 3 nitrogen and oxygen atoms in total. The quantitative estimate of drug-likeness (QED) is 0.655. The molecule has 0 aliphatic rings. The number of halogens is 7. The molecule has 0 saturated heterocycles. The molecule has 106 valence electrons. The summed E-state index contributed by atoms with van der Waals surface area (Å²) in [6, 6.07) is 2.37. The maximum atomic E-state index is 12.2. The molecule has 0 radical (unpaired) electrons. The van der Waals surface area contributed by atoms with Gasteiger partial charge in [0.15, 0.2) is 0 Å². The topological polar surface area (TPSA) is 42.0 Å². The Balaban J connectivity index is 2.93. The minimum Gasteiger partial charge on any atom is -0.324 e. The highest BCUT2D eigenvalue weighted by Gasteiger charge is 2.61. The normalized spacial score (nSPS) is 12.6. The third-order valence-electron chi connectivity index (χ3n) is 1.91. The molecule has 0 bridgehead atoms. The zero-order valence-electron chi connectivity index (χ0n) is 8.81. The van der Waals surface area contributed by atoms with Gasteiger partial charge in [-0.2, -0.15) is 26.3 Å². The van der Waals surface area contributed by atoms with E-state index in [1.54, 1.807) is 0 Å². The summed E-state index contributed by atoms with van der Waals surface area (Å²) in [5, 5.41) is 1.52. The fraction of sp³-hybridized carbons (Fsp3) is 0.333. The van der Waals surface area contributed by atoms with Crippen LogP contribution in [0, 0.1) is 5.92 Å². The third kappa shape index (κ3) is 4.37. The highest BCUT2D eigenvalue weighted by atomic mass is 79.9. The Bertz CT molecular complexity index is 441. The molecule has 1 aromatic rings. The number of hydrogen-bond acceptors (Lipinski definition) is 2. The fourth-order valence-corrected chi connectivity index (χ4v) is 1.38. The van der Waals surface area contributed by atoms with Crippen molar-refractivity contribution in [3.63, 3.8) is 0 Å². The molecule has 0 aliphatic heterocycles. The minimum absolute atomic E-state index is 0.272. The SMILES string of the molecule is O=C(Nc1ccc(Br)nc1)C(C(F)(F)F)C(F)(F)F. The summed E-state index contributed by atoms with van der Waals surface area (Å²) >= 11 is 2.92. The summed E-state index contributed by atoms with van der Waals surface area (Å²) in [5.74, 6) is -6.28. The Kier molecular flexibility index (Phi) is 4.43. The Morgan fingerprint density at radius 3 is 2.05 bits per heavy atom. The molecule has 0 unspecified atom stereocenters. The van der Waals surface area contributed by atoms with Crippen LogP contribution in [0.25, 0.3) is 0 Å². The highest BCUT2D eigenvalue weighted by Crippen LogP contribution is 2.39. The molecule has 1 N–H and O–H groups in total. The van der Waals surface area contributed by atoms with Crippen molar-refractivity contribution < 1.29 is 31.1 Å². The molecule has 10 heteroatoms. The number of hydrogen-bond donors (Lipinski definition) is 1. The van der Waals surface area contributed by atoms with Gasteiger partial charge in [0.1, 0.15) is 4.60 Å². The van der Waals surface area contributed by atoms with E-state index in [2.05, 4.69) is 20.9 Å². The lowest BCUT2D eigenvalue weighted by Gasteiger charge is -2.21. The minimum atomic E-state index is -5.72. The van der Waals surface area contributed by atoms with Crippen LogP contribution < -0.4 is 5.32 Å². The maximum Gasteiger partial charge on any atom is 0.409 e. The lowest BCUT2D eigenvalue weighted by atomic mass is 10.1. The molecule has 0 aliphatic carbocycles. The number of amides is 1. The number of nitrogens with zero attached hydrogens (tertiary/aromatic N) is 1. The van der Waals surface area contributed by atoms with Crippen LogP contribution in [0.4, 0.5) is 32.0 Å². The molecule has 1 rings (SSSR count). The first-order valence-corrected chi connectivity index (χ1v) is 5.37. The van der Waals surface area contributed by atoms with Gasteiger partial charge in [-0.25, -0.2) is 4.98 Å². The van der Waals surface area contributed by atoms with Crippen molar-refractivity contribution >= 4 is 27.5 Å². The van der Waals surface area contributed by atoms with Crippen LogP contribution in [0.1, 0.15) is 0 Å². The molecule has 1 heterocycles. The second-order valence-electron chi connectivity index (χ2n) is 3.38. The van der Waals surface area contributed by atoms with Crippen LogP contribution in [0.5, 0.6) is 0 Å². The van der Waals surface area contributed by atoms with Crippen LogP contribution in [0.15, 0.2) is 22.9 Å². The zero-order valence-corrected chi connectivity index (χ0v) is 10.4. The maximum absolute atomic E-state index is 12.2. The lowest BCUT2D eigenvalue weighted by Crippen LogP contribution is -2.45. The first-order chi connectivity index (χ1) is 8.51. The summed E-state index contributed by atoms with van der Waals surface area (Å²) < 4.78 is 73.7. The molecular weight excluding hydrogens is 346 g/mol. The van der Waals surface area contributed by atoms with Crippen molar-refractivity contribution in [2.45, 2.75) is 12.4 Å². The zero-order chi connectivity index (χ0) is 14.8. The van der Waals surface area contributed by atoms with Crippen molar-refractivity contribution in [1.29, 1.82) is 0 Å². The van der Waals surface area contributed by atoms with E-state index >= 15 is 0 Å². The van der Waals surface area contributed by atoms with Gasteiger partial charge < -0.3 is 5.32 Å². The number of rotatable bonds is 2. The molecule has 0 saturated carbocycles. The van der Waals surface area contributed by atoms with Gasteiger partial charge >= 0.3 is 12.4 Å². The van der Waals surface area contributed by atoms with Gasteiger partial charge in [-0.1, -0.05) is 0 Å². The summed E-state index contributed by atoms with van der Waals surface area (Å²) in [6.07, 6.45) is -10.5. The van der Waals surface area contributed by atoms with E-state index in [9.17, 15) is 31.1 Å². The van der Waals surface area contributed by atoms with Crippen LogP contribution >= 0.6 is 15.9 Å². The van der Waals surface area contributed by atoms with Gasteiger partial charge in [-0.3, -0.25) is 4.79 Å². The van der Waals surface area contributed by atoms with Crippen LogP contribution in [-0.4, -0.2) is 23.2 Å². The van der Waals surface area contributed by atoms with E-state index in [-0.39, 0.29) is 5.69 Å². The van der Waals surface area contributed by atoms with Crippen molar-refractivity contribution in [2.24, 2.45) is 5.92 Å². The van der Waals surface area contributed by atoms with Gasteiger partial charge in [0.2, 0.25) is 11.8 Å². The number of carbonyl (C=O) groups excluding carboxylic acids is 1. The Morgan fingerprint density at radius 2 is 1.68 bits per heavy atom. The average Bonchev–Trinajstić information content (AvgIpc) is 2.16. The van der Waals surface area contributed by atoms with E-state index in [1.165, 1.54) is 11.4 Å². The van der Waals surface area contributed by atoms with E-state index in [0.29, 0.717) is 4.60 Å². The standard InChI is InChI=1S/C9H5BrF6N2O/c10-5-2-1-4(3-17-5)18-7(19)6(8(11,12)13)9(14,15)16/h1-3,6H,(H,18,19). The summed E-state index contributed by atoms with van der Waals surface area (Å²) in [6.45, 7) is 0. The van der Waals surface area contributed by atoms with Crippen LogP contribution in [0.3, 0.4) is 0 Å². The summed E-state index contributed by atoms with van der Waals surface area (Å²) in [4.78, 5) is 14.7. The number of nitrogens with one attached hydrogen (secondary N) is 1. The number of anilines is 1. The van der Waals surface area contributed by atoms with Gasteiger partial charge in [0, 0.05) is 0 Å². The smallest absolute Gasteiger partial charge is 0.324 e. The van der Waals surface area contributed by atoms with Crippen molar-refractivity contribution in [1.82, 2.24) is 4.98 Å². The molecule has 0 atom stereocenters. The van der Waals surface area contributed by atoms with E-state index in [0.717, 1.165) is 12.3 Å². The van der Waals surface area contributed by atoms with Crippen LogP contribution in [-0.2, 0) is 4.79 Å². The number of aromatic nitrogens is 1. The lowest BCUT2D eigenvalue weighted by molar-refractivity contribution is -0.272. The largest absolute Gasteiger partial charge is 0.409 e. The molecule has 0 fully saturated rings. The number of alkyl halides is 6. The summed E-state index contributed by atoms with van der Waals surface area (Å²) in [5.41, 5.74) is -0.272. The molecule has 0 spiro atoms. The van der Waals surface area contributed by atoms with Gasteiger partial charge in [0.05, 0.1) is 11.9 Å². The predicted octanol–water partition coefficient (Wildman–Crippen LogP) is 3.52. The molecular formula is C9H5BrF6N2O. The van der Waals surface area contributed by atoms with E-state index < -0.39 is 24.2 Å². The Labute approximate surface area is 111 Å². The molecule has 19 heavy (non-hydrogen) atoms. The van der Waals surface area contributed by atoms with Crippen molar-refractivity contribution in [3.8, 4) is 0 Å². The van der Waals surface area contributed by atoms with Crippen molar-refractivity contribution in [3.05, 3.63) is 22.9 Å². The second kappa shape index (κ2) is 5.35. The molecule has 1 aromatic heterocycles. The van der Waals surface area contributed by atoms with E-state index in [4.69, 9.17) is 0 Å². The molecule has 1 amide bonds. The first kappa shape index (κ1) is 15.7. The van der Waals surface area contributed by atoms with Gasteiger partial charge in [0.25, 0.3) is 0 Å². The monoisotopic (exact) mass is 350 g/mol. The predicted molar refractivity (Wildman–Crippen MR) is 56.2 cm³/mol. The molecule has 0 aromatic carbocycles. The number of carbonyl (C=O) groups is 1. The average molecular weight is 351 g/mol. The highest BCUT2D eigenvalue weighted by molar-refractivity contribution is 9.10. The third-order valence-corrected chi connectivity index (χ3v) is 2.38. The van der Waals surface area contributed by atoms with E-state index in [1.807, 2.05) is 0 Å². The van der Waals surface area contributed by atoms with Crippen LogP contribution in [0.2, 0.25) is 0 Å². The fourth-order valence-electron chi connectivity index (χ4n) is 1.15. The van der Waals surface area contributed by atoms with Gasteiger partial charge in [-0.05, 0) is 28.1 Å². The Hall–Kier alpha value is -1.32.